The molecule has 13 nitrogen and oxygen atoms in total. The highest BCUT2D eigenvalue weighted by atomic mass is 35.5. The number of fused-ring (bicyclic) bond motifs is 3. The minimum Gasteiger partial charge on any atom is -0.497 e. The number of nitrogens with two attached hydrogens (primary N) is 1. The van der Waals surface area contributed by atoms with Crippen molar-refractivity contribution in [1.29, 1.82) is 0 Å². The summed E-state index contributed by atoms with van der Waals surface area (Å²) in [4.78, 5) is 18.1. The van der Waals surface area contributed by atoms with Gasteiger partial charge in [0.1, 0.15) is 17.6 Å². The molecular weight excluding hydrogens is 616 g/mol. The van der Waals surface area contributed by atoms with Crippen LogP contribution < -0.4 is 15.8 Å². The first kappa shape index (κ1) is 35.4. The molecule has 1 atom stereocenters. The Balaban J connectivity index is 1.22. The smallest absolute Gasteiger partial charge is 0.222 e. The zero-order valence-electron chi connectivity index (χ0n) is 26.4. The van der Waals surface area contributed by atoms with Gasteiger partial charge < -0.3 is 39.5 Å². The molecule has 0 saturated heterocycles. The van der Waals surface area contributed by atoms with Crippen LogP contribution in [0.15, 0.2) is 47.5 Å². The molecule has 46 heavy (non-hydrogen) atoms. The van der Waals surface area contributed by atoms with Crippen molar-refractivity contribution in [2.45, 2.75) is 19.4 Å². The van der Waals surface area contributed by atoms with Crippen molar-refractivity contribution in [3.63, 3.8) is 0 Å². The molecule has 2 aromatic carbocycles. The molecule has 3 aromatic rings. The van der Waals surface area contributed by atoms with Gasteiger partial charge in [0.25, 0.3) is 0 Å². The molecule has 1 amide bonds. The van der Waals surface area contributed by atoms with Gasteiger partial charge in [0, 0.05) is 29.2 Å². The Morgan fingerprint density at radius 1 is 0.870 bits per heavy atom. The van der Waals surface area contributed by atoms with E-state index in [1.165, 1.54) is 0 Å². The largest absolute Gasteiger partial charge is 0.497 e. The fraction of sp³-hybridized carbons (Fsp3) is 0.500. The maximum Gasteiger partial charge on any atom is 0.222 e. The van der Waals surface area contributed by atoms with E-state index in [0.29, 0.717) is 107 Å². The molecule has 0 saturated carbocycles. The molecule has 0 fully saturated rings. The lowest BCUT2D eigenvalue weighted by Crippen LogP contribution is -2.29. The highest BCUT2D eigenvalue weighted by Crippen LogP contribution is 2.34. The van der Waals surface area contributed by atoms with Gasteiger partial charge in [0.05, 0.1) is 91.0 Å². The summed E-state index contributed by atoms with van der Waals surface area (Å²) in [5.41, 5.74) is 8.61. The number of aryl methyl sites for hydroxylation is 1. The van der Waals surface area contributed by atoms with Crippen molar-refractivity contribution in [2.24, 2.45) is 10.7 Å². The quantitative estimate of drug-likeness (QED) is 0.163. The van der Waals surface area contributed by atoms with Crippen LogP contribution >= 0.6 is 11.6 Å². The van der Waals surface area contributed by atoms with Gasteiger partial charge in [0.2, 0.25) is 5.91 Å². The molecular formula is C32H43ClN6O7. The maximum atomic E-state index is 13.1. The lowest BCUT2D eigenvalue weighted by Gasteiger charge is -2.14. The van der Waals surface area contributed by atoms with Gasteiger partial charge in [-0.05, 0) is 37.3 Å². The second-order valence-corrected chi connectivity index (χ2v) is 10.7. The van der Waals surface area contributed by atoms with Crippen molar-refractivity contribution >= 4 is 23.2 Å². The predicted molar refractivity (Wildman–Crippen MR) is 173 cm³/mol. The summed E-state index contributed by atoms with van der Waals surface area (Å²) in [6.45, 7) is 7.42. The first-order valence-electron chi connectivity index (χ1n) is 15.3. The van der Waals surface area contributed by atoms with E-state index in [-0.39, 0.29) is 12.3 Å². The topological polar surface area (TPSA) is 154 Å². The van der Waals surface area contributed by atoms with Crippen LogP contribution in [0.2, 0.25) is 5.02 Å². The number of hydrogen-bond donors (Lipinski definition) is 2. The number of amides is 1. The zero-order chi connectivity index (χ0) is 32.6. The van der Waals surface area contributed by atoms with Crippen molar-refractivity contribution in [2.75, 3.05) is 86.3 Å². The number of benzene rings is 2. The van der Waals surface area contributed by atoms with Crippen LogP contribution in [0.1, 0.15) is 35.2 Å². The number of rotatable bonds is 21. The second kappa shape index (κ2) is 19.3. The molecule has 1 aliphatic rings. The average molecular weight is 659 g/mol. The van der Waals surface area contributed by atoms with Gasteiger partial charge in [-0.3, -0.25) is 14.4 Å². The number of nitrogens with zero attached hydrogens (tertiary/aromatic N) is 4. The van der Waals surface area contributed by atoms with E-state index in [4.69, 9.17) is 50.7 Å². The number of aromatic nitrogens is 3. The number of halogens is 1. The first-order chi connectivity index (χ1) is 22.5. The number of hydrogen-bond acceptors (Lipinski definition) is 11. The summed E-state index contributed by atoms with van der Waals surface area (Å²) in [6, 6.07) is 12.6. The number of carbonyl (C=O) groups excluding carboxylic acids is 1. The normalized spacial score (nSPS) is 13.9. The van der Waals surface area contributed by atoms with Crippen molar-refractivity contribution in [1.82, 2.24) is 20.1 Å². The van der Waals surface area contributed by atoms with E-state index in [9.17, 15) is 4.79 Å². The minimum atomic E-state index is -0.580. The maximum absolute atomic E-state index is 13.1. The Morgan fingerprint density at radius 2 is 1.48 bits per heavy atom. The number of carbonyl (C=O) groups is 1. The van der Waals surface area contributed by atoms with E-state index in [1.54, 1.807) is 7.11 Å². The van der Waals surface area contributed by atoms with E-state index < -0.39 is 6.04 Å². The van der Waals surface area contributed by atoms with Crippen LogP contribution in [0.25, 0.3) is 5.69 Å². The first-order valence-corrected chi connectivity index (χ1v) is 15.7. The van der Waals surface area contributed by atoms with Gasteiger partial charge in [-0.1, -0.05) is 23.7 Å². The van der Waals surface area contributed by atoms with Gasteiger partial charge in [-0.2, -0.15) is 0 Å². The SMILES string of the molecule is COc1ccc2c(c1)C(c1ccc(Cl)cc1)=NC(CC(=O)NCCOCCOCCOCCOCCOCCN)c1nnc(C)n1-2. The van der Waals surface area contributed by atoms with E-state index in [2.05, 4.69) is 15.5 Å². The van der Waals surface area contributed by atoms with E-state index in [0.717, 1.165) is 16.8 Å². The number of methoxy groups -OCH3 is 1. The van der Waals surface area contributed by atoms with Gasteiger partial charge in [-0.15, -0.1) is 10.2 Å². The second-order valence-electron chi connectivity index (χ2n) is 10.2. The standard InChI is InChI=1S/C32H43ClN6O7/c1-23-37-38-32-28(22-30(40)35-10-12-43-14-16-45-18-20-46-19-17-44-15-13-42-11-9-34)36-31(24-3-5-25(33)6-4-24)27-21-26(41-2)7-8-29(27)39(23)32/h3-8,21,28H,9-20,22,34H2,1-2H3,(H,35,40). The highest BCUT2D eigenvalue weighted by Gasteiger charge is 2.30. The lowest BCUT2D eigenvalue weighted by molar-refractivity contribution is -0.121. The third-order valence-electron chi connectivity index (χ3n) is 6.95. The fourth-order valence-corrected chi connectivity index (χ4v) is 4.88. The molecule has 1 aliphatic heterocycles. The van der Waals surface area contributed by atoms with Crippen LogP contribution in [0.3, 0.4) is 0 Å². The lowest BCUT2D eigenvalue weighted by atomic mass is 10.00. The molecule has 1 unspecified atom stereocenters. The zero-order valence-corrected chi connectivity index (χ0v) is 27.2. The van der Waals surface area contributed by atoms with Crippen molar-refractivity contribution < 1.29 is 33.2 Å². The molecule has 250 valence electrons. The van der Waals surface area contributed by atoms with Crippen molar-refractivity contribution in [3.8, 4) is 11.4 Å². The Hall–Kier alpha value is -3.43. The predicted octanol–water partition coefficient (Wildman–Crippen LogP) is 2.68. The molecule has 14 heteroatoms. The van der Waals surface area contributed by atoms with Crippen molar-refractivity contribution in [3.05, 3.63) is 70.3 Å². The molecule has 0 radical (unpaired) electrons. The Kier molecular flexibility index (Phi) is 14.8. The summed E-state index contributed by atoms with van der Waals surface area (Å²) in [6.07, 6.45) is 0.0799. The van der Waals surface area contributed by atoms with Gasteiger partial charge in [0.15, 0.2) is 5.82 Å². The average Bonchev–Trinajstić information content (AvgIpc) is 3.39. The summed E-state index contributed by atoms with van der Waals surface area (Å²) in [7, 11) is 1.62. The molecule has 3 N–H and O–H groups in total. The van der Waals surface area contributed by atoms with Crippen LogP contribution in [0.5, 0.6) is 5.75 Å². The summed E-state index contributed by atoms with van der Waals surface area (Å²) in [5.74, 6) is 1.78. The Bertz CT molecular complexity index is 1400. The van der Waals surface area contributed by atoms with Crippen LogP contribution in [0.4, 0.5) is 0 Å². The van der Waals surface area contributed by atoms with Crippen LogP contribution in [-0.4, -0.2) is 113 Å². The Labute approximate surface area is 274 Å². The molecule has 0 aliphatic carbocycles. The van der Waals surface area contributed by atoms with Crippen LogP contribution in [-0.2, 0) is 28.5 Å². The van der Waals surface area contributed by atoms with E-state index in [1.807, 2.05) is 54.0 Å². The third-order valence-corrected chi connectivity index (χ3v) is 7.20. The molecule has 0 spiro atoms. The third kappa shape index (κ3) is 10.6. The number of ether oxygens (including phenoxy) is 6. The van der Waals surface area contributed by atoms with Gasteiger partial charge in [-0.25, -0.2) is 0 Å². The van der Waals surface area contributed by atoms with E-state index >= 15 is 0 Å². The Morgan fingerprint density at radius 3 is 2.09 bits per heavy atom. The van der Waals surface area contributed by atoms with Crippen LogP contribution in [0, 0.1) is 6.92 Å². The molecule has 0 bridgehead atoms. The minimum absolute atomic E-state index is 0.0799. The summed E-state index contributed by atoms with van der Waals surface area (Å²) >= 11 is 6.18. The molecule has 1 aromatic heterocycles. The molecule has 4 rings (SSSR count). The molecule has 2 heterocycles. The summed E-state index contributed by atoms with van der Waals surface area (Å²) < 4.78 is 34.7. The highest BCUT2D eigenvalue weighted by molar-refractivity contribution is 6.30. The fourth-order valence-electron chi connectivity index (χ4n) is 4.75. The number of nitrogens with one attached hydrogen (secondary N) is 1. The monoisotopic (exact) mass is 658 g/mol. The number of aliphatic imine (C=N–C) groups is 1. The van der Waals surface area contributed by atoms with Gasteiger partial charge >= 0.3 is 0 Å². The summed E-state index contributed by atoms with van der Waals surface area (Å²) in [5, 5.41) is 12.3.